The van der Waals surface area contributed by atoms with Crippen molar-refractivity contribution in [1.29, 1.82) is 0 Å². The van der Waals surface area contributed by atoms with Gasteiger partial charge in [-0.25, -0.2) is 12.8 Å². The Balaban J connectivity index is 1.94. The number of hydrogen-bond donors (Lipinski definition) is 1. The van der Waals surface area contributed by atoms with Crippen LogP contribution in [-0.2, 0) is 20.6 Å². The highest BCUT2D eigenvalue weighted by Gasteiger charge is 2.29. The van der Waals surface area contributed by atoms with Crippen molar-refractivity contribution in [3.05, 3.63) is 59.9 Å². The molecule has 1 N–H and O–H groups in total. The molecule has 1 atom stereocenters. The Morgan fingerprint density at radius 1 is 1.24 bits per heavy atom. The summed E-state index contributed by atoms with van der Waals surface area (Å²) in [6.45, 7) is 1.88. The third kappa shape index (κ3) is 6.64. The number of amides is 1. The first-order valence-corrected chi connectivity index (χ1v) is 12.0. The fourth-order valence-electron chi connectivity index (χ4n) is 2.75. The molecule has 0 heterocycles. The maximum absolute atomic E-state index is 13.6. The second-order valence-electron chi connectivity index (χ2n) is 6.37. The maximum Gasteiger partial charge on any atom is 0.243 e. The van der Waals surface area contributed by atoms with Crippen LogP contribution < -0.4 is 14.4 Å². The van der Waals surface area contributed by atoms with Gasteiger partial charge in [0.05, 0.1) is 19.1 Å². The molecule has 0 bridgehead atoms. The van der Waals surface area contributed by atoms with E-state index in [0.717, 1.165) is 10.6 Å². The van der Waals surface area contributed by atoms with Crippen LogP contribution in [0.15, 0.2) is 48.5 Å². The molecule has 2 rings (SSSR count). The molecular formula is C20H25FN2O4S2. The zero-order chi connectivity index (χ0) is 21.4. The van der Waals surface area contributed by atoms with Crippen molar-refractivity contribution in [3.63, 3.8) is 0 Å². The van der Waals surface area contributed by atoms with Gasteiger partial charge in [-0.1, -0.05) is 24.3 Å². The fraction of sp³-hybridized carbons (Fsp3) is 0.350. The van der Waals surface area contributed by atoms with Crippen LogP contribution in [0.4, 0.5) is 10.1 Å². The molecule has 2 aromatic carbocycles. The van der Waals surface area contributed by atoms with Gasteiger partial charge in [-0.2, -0.15) is 11.8 Å². The van der Waals surface area contributed by atoms with Crippen molar-refractivity contribution < 1.29 is 22.3 Å². The molecule has 158 valence electrons. The van der Waals surface area contributed by atoms with Crippen LogP contribution in [-0.4, -0.2) is 46.0 Å². The van der Waals surface area contributed by atoms with E-state index in [0.29, 0.717) is 35.1 Å². The van der Waals surface area contributed by atoms with Crippen molar-refractivity contribution in [2.45, 2.75) is 18.7 Å². The van der Waals surface area contributed by atoms with Crippen molar-refractivity contribution in [1.82, 2.24) is 5.32 Å². The molecule has 0 spiro atoms. The third-order valence-corrected chi connectivity index (χ3v) is 6.41. The molecule has 0 unspecified atom stereocenters. The number of anilines is 1. The lowest BCUT2D eigenvalue weighted by Crippen LogP contribution is -2.48. The summed E-state index contributed by atoms with van der Waals surface area (Å²) in [6.07, 6.45) is 1.06. The predicted molar refractivity (Wildman–Crippen MR) is 115 cm³/mol. The van der Waals surface area contributed by atoms with Crippen molar-refractivity contribution in [2.75, 3.05) is 30.0 Å². The zero-order valence-electron chi connectivity index (χ0n) is 16.6. The Hall–Kier alpha value is -2.26. The average molecular weight is 441 g/mol. The number of halogens is 1. The van der Waals surface area contributed by atoms with Crippen LogP contribution in [0.5, 0.6) is 5.75 Å². The molecule has 0 radical (unpaired) electrons. The Kier molecular flexibility index (Phi) is 8.33. The summed E-state index contributed by atoms with van der Waals surface area (Å²) in [5.41, 5.74) is 0.960. The molecule has 9 heteroatoms. The summed E-state index contributed by atoms with van der Waals surface area (Å²) >= 11 is 1.49. The summed E-state index contributed by atoms with van der Waals surface area (Å²) < 4.78 is 44.4. The molecule has 0 aromatic heterocycles. The molecule has 0 aliphatic rings. The van der Waals surface area contributed by atoms with Crippen LogP contribution >= 0.6 is 11.8 Å². The number of benzene rings is 2. The van der Waals surface area contributed by atoms with E-state index in [1.165, 1.54) is 31.9 Å². The van der Waals surface area contributed by atoms with Gasteiger partial charge in [0.2, 0.25) is 15.9 Å². The van der Waals surface area contributed by atoms with Crippen LogP contribution in [0, 0.1) is 5.82 Å². The molecule has 2 aromatic rings. The normalized spacial score (nSPS) is 12.3. The Morgan fingerprint density at radius 3 is 2.62 bits per heavy atom. The quantitative estimate of drug-likeness (QED) is 0.575. The van der Waals surface area contributed by atoms with E-state index in [9.17, 15) is 17.6 Å². The summed E-state index contributed by atoms with van der Waals surface area (Å²) in [5, 5.41) is 2.74. The van der Waals surface area contributed by atoms with Crippen LogP contribution in [0.25, 0.3) is 0 Å². The van der Waals surface area contributed by atoms with E-state index in [2.05, 4.69) is 5.32 Å². The summed E-state index contributed by atoms with van der Waals surface area (Å²) in [6, 6.07) is 12.2. The van der Waals surface area contributed by atoms with Gasteiger partial charge in [-0.3, -0.25) is 9.10 Å². The minimum Gasteiger partial charge on any atom is -0.497 e. The second kappa shape index (κ2) is 10.5. The SMILES string of the molecule is COc1cccc(N([C@H](C)C(=O)NCCSCc2ccccc2F)S(C)(=O)=O)c1. The number of rotatable bonds is 10. The molecule has 0 fully saturated rings. The molecule has 0 aliphatic heterocycles. The van der Waals surface area contributed by atoms with E-state index in [-0.39, 0.29) is 5.82 Å². The predicted octanol–water partition coefficient (Wildman–Crippen LogP) is 3.04. The Labute approximate surface area is 175 Å². The van der Waals surface area contributed by atoms with Crippen molar-refractivity contribution >= 4 is 33.4 Å². The third-order valence-electron chi connectivity index (χ3n) is 4.16. The number of carbonyl (C=O) groups excluding carboxylic acids is 1. The number of methoxy groups -OCH3 is 1. The number of thioether (sulfide) groups is 1. The largest absolute Gasteiger partial charge is 0.497 e. The first-order valence-electron chi connectivity index (χ1n) is 8.96. The lowest BCUT2D eigenvalue weighted by atomic mass is 10.2. The highest BCUT2D eigenvalue weighted by atomic mass is 32.2. The molecular weight excluding hydrogens is 415 g/mol. The molecule has 0 saturated heterocycles. The smallest absolute Gasteiger partial charge is 0.243 e. The minimum atomic E-state index is -3.69. The molecule has 1 amide bonds. The van der Waals surface area contributed by atoms with Crippen LogP contribution in [0.1, 0.15) is 12.5 Å². The van der Waals surface area contributed by atoms with E-state index in [1.807, 2.05) is 0 Å². The minimum absolute atomic E-state index is 0.250. The van der Waals surface area contributed by atoms with Gasteiger partial charge in [0.15, 0.2) is 0 Å². The van der Waals surface area contributed by atoms with Crippen LogP contribution in [0.2, 0.25) is 0 Å². The van der Waals surface area contributed by atoms with Crippen molar-refractivity contribution in [2.24, 2.45) is 0 Å². The number of nitrogens with zero attached hydrogens (tertiary/aromatic N) is 1. The van der Waals surface area contributed by atoms with E-state index >= 15 is 0 Å². The number of sulfonamides is 1. The van der Waals surface area contributed by atoms with E-state index in [4.69, 9.17) is 4.74 Å². The highest BCUT2D eigenvalue weighted by molar-refractivity contribution is 7.98. The number of ether oxygens (including phenoxy) is 1. The zero-order valence-corrected chi connectivity index (χ0v) is 18.2. The topological polar surface area (TPSA) is 75.7 Å². The Morgan fingerprint density at radius 2 is 1.97 bits per heavy atom. The number of nitrogens with one attached hydrogen (secondary N) is 1. The Bertz CT molecular complexity index is 938. The summed E-state index contributed by atoms with van der Waals surface area (Å²) in [5.74, 6) is 0.903. The fourth-order valence-corrected chi connectivity index (χ4v) is 4.76. The van der Waals surface area contributed by atoms with Gasteiger partial charge in [0.25, 0.3) is 0 Å². The maximum atomic E-state index is 13.6. The molecule has 29 heavy (non-hydrogen) atoms. The van der Waals surface area contributed by atoms with Gasteiger partial charge >= 0.3 is 0 Å². The van der Waals surface area contributed by atoms with Gasteiger partial charge in [-0.05, 0) is 30.7 Å². The van der Waals surface area contributed by atoms with Crippen molar-refractivity contribution in [3.8, 4) is 5.75 Å². The van der Waals surface area contributed by atoms with Gasteiger partial charge in [0.1, 0.15) is 17.6 Å². The van der Waals surface area contributed by atoms with E-state index in [1.54, 1.807) is 42.5 Å². The van der Waals surface area contributed by atoms with Crippen LogP contribution in [0.3, 0.4) is 0 Å². The molecule has 6 nitrogen and oxygen atoms in total. The second-order valence-corrected chi connectivity index (χ2v) is 9.34. The molecule has 0 aliphatic carbocycles. The van der Waals surface area contributed by atoms with Gasteiger partial charge in [0, 0.05) is 24.1 Å². The van der Waals surface area contributed by atoms with Gasteiger partial charge < -0.3 is 10.1 Å². The summed E-state index contributed by atoms with van der Waals surface area (Å²) in [4.78, 5) is 12.5. The first kappa shape index (κ1) is 23.0. The standard InChI is InChI=1S/C20H25FN2O4S2/c1-15(23(29(3,25)26)17-8-6-9-18(13-17)27-2)20(24)22-11-12-28-14-16-7-4-5-10-19(16)21/h4-10,13,15H,11-12,14H2,1-3H3,(H,22,24)/t15-/m1/s1. The van der Waals surface area contributed by atoms with E-state index < -0.39 is 22.0 Å². The number of carbonyl (C=O) groups is 1. The summed E-state index contributed by atoms with van der Waals surface area (Å²) in [7, 11) is -2.21. The van der Waals surface area contributed by atoms with Gasteiger partial charge in [-0.15, -0.1) is 0 Å². The highest BCUT2D eigenvalue weighted by Crippen LogP contribution is 2.25. The first-order chi connectivity index (χ1) is 13.7. The average Bonchev–Trinajstić information content (AvgIpc) is 2.68. The molecule has 0 saturated carbocycles. The lowest BCUT2D eigenvalue weighted by molar-refractivity contribution is -0.121. The number of hydrogen-bond acceptors (Lipinski definition) is 5. The lowest BCUT2D eigenvalue weighted by Gasteiger charge is -2.28. The monoisotopic (exact) mass is 440 g/mol.